The molecule has 0 aliphatic carbocycles. The van der Waals surface area contributed by atoms with Crippen molar-refractivity contribution in [3.8, 4) is 0 Å². The summed E-state index contributed by atoms with van der Waals surface area (Å²) in [6.45, 7) is 7.89. The molecular weight excluding hydrogens is 349 g/mol. The van der Waals surface area contributed by atoms with Crippen molar-refractivity contribution in [3.05, 3.63) is 101 Å². The molecule has 27 heavy (non-hydrogen) atoms. The van der Waals surface area contributed by atoms with Crippen LogP contribution in [0.5, 0.6) is 0 Å². The molecule has 2 aromatic rings. The summed E-state index contributed by atoms with van der Waals surface area (Å²) in [6.07, 6.45) is -0.795. The fraction of sp³-hybridized carbons (Fsp3) is 0.182. The van der Waals surface area contributed by atoms with E-state index >= 15 is 0 Å². The number of rotatable bonds is 4. The van der Waals surface area contributed by atoms with Crippen LogP contribution in [0, 0.1) is 6.92 Å². The maximum atomic E-state index is 13.4. The predicted octanol–water partition coefficient (Wildman–Crippen LogP) is 5.71. The first-order valence-electron chi connectivity index (χ1n) is 8.60. The Morgan fingerprint density at radius 1 is 1.04 bits per heavy atom. The van der Waals surface area contributed by atoms with Crippen LogP contribution in [0.15, 0.2) is 78.7 Å². The molecule has 0 spiro atoms. The lowest BCUT2D eigenvalue weighted by atomic mass is 9.96. The molecule has 0 amide bonds. The normalized spacial score (nSPS) is 16.9. The Morgan fingerprint density at radius 3 is 2.41 bits per heavy atom. The Kier molecular flexibility index (Phi) is 5.13. The maximum absolute atomic E-state index is 13.4. The van der Waals surface area contributed by atoms with E-state index in [2.05, 4.69) is 17.2 Å². The second kappa shape index (κ2) is 7.35. The minimum Gasteiger partial charge on any atom is -0.378 e. The van der Waals surface area contributed by atoms with Crippen LogP contribution in [0.2, 0.25) is 0 Å². The van der Waals surface area contributed by atoms with Gasteiger partial charge < -0.3 is 10.6 Å². The Morgan fingerprint density at radius 2 is 1.70 bits per heavy atom. The fourth-order valence-electron chi connectivity index (χ4n) is 3.21. The van der Waals surface area contributed by atoms with E-state index in [1.165, 1.54) is 12.1 Å². The molecule has 0 saturated heterocycles. The largest absolute Gasteiger partial charge is 0.416 e. The third-order valence-electron chi connectivity index (χ3n) is 4.47. The van der Waals surface area contributed by atoms with E-state index in [-0.39, 0.29) is 5.56 Å². The van der Waals surface area contributed by atoms with Crippen LogP contribution in [0.1, 0.15) is 35.2 Å². The first-order valence-corrected chi connectivity index (χ1v) is 8.60. The van der Waals surface area contributed by atoms with Crippen LogP contribution in [0.25, 0.3) is 5.70 Å². The minimum absolute atomic E-state index is 0.193. The highest BCUT2D eigenvalue weighted by Gasteiger charge is 2.35. The molecule has 0 radical (unpaired) electrons. The summed E-state index contributed by atoms with van der Waals surface area (Å²) in [5.74, 6) is 0. The third-order valence-corrected chi connectivity index (χ3v) is 4.47. The summed E-state index contributed by atoms with van der Waals surface area (Å²) in [4.78, 5) is 0. The van der Waals surface area contributed by atoms with E-state index in [1.807, 2.05) is 44.2 Å². The van der Waals surface area contributed by atoms with Crippen LogP contribution < -0.4 is 10.6 Å². The standard InChI is InChI=1S/C22H21F3N2/c1-14-8-4-5-9-18(14)16(3)27-17-12-15(2)26-21(13-17)19-10-6-7-11-20(19)22(23,24)25/h4-13,21,26-27H,3H2,1-2H3. The molecule has 2 nitrogen and oxygen atoms in total. The Bertz CT molecular complexity index is 923. The summed E-state index contributed by atoms with van der Waals surface area (Å²) in [5.41, 5.74) is 3.79. The summed E-state index contributed by atoms with van der Waals surface area (Å²) < 4.78 is 40.1. The zero-order chi connectivity index (χ0) is 19.6. The van der Waals surface area contributed by atoms with E-state index in [0.717, 1.165) is 22.9 Å². The predicted molar refractivity (Wildman–Crippen MR) is 103 cm³/mol. The van der Waals surface area contributed by atoms with E-state index in [4.69, 9.17) is 0 Å². The molecule has 0 fully saturated rings. The van der Waals surface area contributed by atoms with Gasteiger partial charge in [0.15, 0.2) is 0 Å². The number of dihydropyridines is 1. The second-order valence-corrected chi connectivity index (χ2v) is 6.57. The number of hydrogen-bond donors (Lipinski definition) is 2. The van der Waals surface area contributed by atoms with Gasteiger partial charge in [0.25, 0.3) is 0 Å². The van der Waals surface area contributed by atoms with Crippen molar-refractivity contribution >= 4 is 5.70 Å². The van der Waals surface area contributed by atoms with Gasteiger partial charge in [-0.2, -0.15) is 13.2 Å². The van der Waals surface area contributed by atoms with Crippen molar-refractivity contribution in [1.29, 1.82) is 0 Å². The smallest absolute Gasteiger partial charge is 0.378 e. The van der Waals surface area contributed by atoms with Crippen LogP contribution in [-0.4, -0.2) is 0 Å². The average Bonchev–Trinajstić information content (AvgIpc) is 2.61. The molecule has 3 rings (SSSR count). The monoisotopic (exact) mass is 370 g/mol. The number of benzene rings is 2. The highest BCUT2D eigenvalue weighted by atomic mass is 19.4. The molecule has 140 valence electrons. The van der Waals surface area contributed by atoms with Crippen molar-refractivity contribution in [2.24, 2.45) is 0 Å². The van der Waals surface area contributed by atoms with Crippen molar-refractivity contribution in [2.45, 2.75) is 26.1 Å². The van der Waals surface area contributed by atoms with Gasteiger partial charge in [0.2, 0.25) is 0 Å². The number of aryl methyl sites for hydroxylation is 1. The van der Waals surface area contributed by atoms with Gasteiger partial charge >= 0.3 is 6.18 Å². The molecule has 1 unspecified atom stereocenters. The van der Waals surface area contributed by atoms with Crippen molar-refractivity contribution in [2.75, 3.05) is 0 Å². The Labute approximate surface area is 157 Å². The first-order chi connectivity index (χ1) is 12.8. The highest BCUT2D eigenvalue weighted by Crippen LogP contribution is 2.36. The van der Waals surface area contributed by atoms with Gasteiger partial charge in [0.05, 0.1) is 11.6 Å². The van der Waals surface area contributed by atoms with E-state index in [0.29, 0.717) is 11.4 Å². The van der Waals surface area contributed by atoms with Gasteiger partial charge in [-0.3, -0.25) is 0 Å². The lowest BCUT2D eigenvalue weighted by Gasteiger charge is -2.26. The molecule has 0 aromatic heterocycles. The van der Waals surface area contributed by atoms with Gasteiger partial charge in [-0.1, -0.05) is 49.0 Å². The summed E-state index contributed by atoms with van der Waals surface area (Å²) in [7, 11) is 0. The van der Waals surface area contributed by atoms with Gasteiger partial charge in [-0.25, -0.2) is 0 Å². The molecule has 1 atom stereocenters. The molecular formula is C22H21F3N2. The summed E-state index contributed by atoms with van der Waals surface area (Å²) in [5, 5.41) is 6.35. The number of alkyl halides is 3. The van der Waals surface area contributed by atoms with Crippen LogP contribution in [0.3, 0.4) is 0 Å². The van der Waals surface area contributed by atoms with Crippen molar-refractivity contribution < 1.29 is 13.2 Å². The lowest BCUT2D eigenvalue weighted by molar-refractivity contribution is -0.138. The number of halogens is 3. The van der Waals surface area contributed by atoms with Crippen LogP contribution in [-0.2, 0) is 6.18 Å². The van der Waals surface area contributed by atoms with Gasteiger partial charge in [-0.15, -0.1) is 0 Å². The molecule has 5 heteroatoms. The SMILES string of the molecule is C=C(NC1=CC(c2ccccc2C(F)(F)F)NC(C)=C1)c1ccccc1C. The number of nitrogens with one attached hydrogen (secondary N) is 2. The molecule has 2 aromatic carbocycles. The number of hydrogen-bond acceptors (Lipinski definition) is 2. The molecule has 1 aliphatic heterocycles. The van der Waals surface area contributed by atoms with E-state index in [9.17, 15) is 13.2 Å². The minimum atomic E-state index is -4.40. The molecule has 1 heterocycles. The van der Waals surface area contributed by atoms with Gasteiger partial charge in [0, 0.05) is 22.7 Å². The topological polar surface area (TPSA) is 24.1 Å². The van der Waals surface area contributed by atoms with Crippen molar-refractivity contribution in [3.63, 3.8) is 0 Å². The molecule has 1 aliphatic rings. The van der Waals surface area contributed by atoms with Crippen LogP contribution >= 0.6 is 0 Å². The number of allylic oxidation sites excluding steroid dienone is 2. The third kappa shape index (κ3) is 4.25. The average molecular weight is 370 g/mol. The van der Waals surface area contributed by atoms with E-state index < -0.39 is 17.8 Å². The summed E-state index contributed by atoms with van der Waals surface area (Å²) in [6, 6.07) is 12.9. The van der Waals surface area contributed by atoms with Crippen molar-refractivity contribution in [1.82, 2.24) is 10.6 Å². The van der Waals surface area contributed by atoms with E-state index in [1.54, 1.807) is 12.1 Å². The van der Waals surface area contributed by atoms with Crippen LogP contribution in [0.4, 0.5) is 13.2 Å². The van der Waals surface area contributed by atoms with Gasteiger partial charge in [-0.05, 0) is 43.2 Å². The quantitative estimate of drug-likeness (QED) is 0.721. The zero-order valence-electron chi connectivity index (χ0n) is 15.2. The van der Waals surface area contributed by atoms with Gasteiger partial charge in [0.1, 0.15) is 0 Å². The Hall–Kier alpha value is -2.95. The maximum Gasteiger partial charge on any atom is 0.416 e. The summed E-state index contributed by atoms with van der Waals surface area (Å²) >= 11 is 0. The second-order valence-electron chi connectivity index (χ2n) is 6.57. The first kappa shape index (κ1) is 18.8. The molecule has 0 saturated carbocycles. The Balaban J connectivity index is 1.91. The highest BCUT2D eigenvalue weighted by molar-refractivity contribution is 5.66. The fourth-order valence-corrected chi connectivity index (χ4v) is 3.21. The molecule has 2 N–H and O–H groups in total. The molecule has 0 bridgehead atoms. The zero-order valence-corrected chi connectivity index (χ0v) is 15.2. The lowest BCUT2D eigenvalue weighted by Crippen LogP contribution is -2.26.